The third kappa shape index (κ3) is 2.09. The largest absolute Gasteiger partial charge is 0.477 e. The van der Waals surface area contributed by atoms with E-state index in [9.17, 15) is 4.79 Å². The van der Waals surface area contributed by atoms with Gasteiger partial charge in [-0.2, -0.15) is 5.10 Å². The smallest absolute Gasteiger partial charge is 0.265 e. The van der Waals surface area contributed by atoms with Gasteiger partial charge in [0.2, 0.25) is 5.88 Å². The summed E-state index contributed by atoms with van der Waals surface area (Å²) in [4.78, 5) is 17.5. The molecule has 1 fully saturated rings. The molecule has 0 radical (unpaired) electrons. The molecule has 3 heterocycles. The van der Waals surface area contributed by atoms with E-state index in [0.717, 1.165) is 25.2 Å². The van der Waals surface area contributed by atoms with Gasteiger partial charge in [-0.15, -0.1) is 0 Å². The number of carbonyl (C=O) groups is 1. The topological polar surface area (TPSA) is 50.6 Å². The van der Waals surface area contributed by atoms with E-state index >= 15 is 0 Å². The highest BCUT2D eigenvalue weighted by atomic mass is 16.5. The Balaban J connectivity index is 1.51. The van der Waals surface area contributed by atoms with E-state index in [1.807, 2.05) is 23.1 Å². The summed E-state index contributed by atoms with van der Waals surface area (Å²) in [5, 5.41) is 4.32. The fourth-order valence-electron chi connectivity index (χ4n) is 3.72. The molecule has 0 atom stereocenters. The molecule has 124 valence electrons. The van der Waals surface area contributed by atoms with Crippen molar-refractivity contribution in [3.8, 4) is 5.88 Å². The Morgan fingerprint density at radius 1 is 1.12 bits per heavy atom. The fourth-order valence-corrected chi connectivity index (χ4v) is 3.72. The molecule has 0 N–H and O–H groups in total. The molecule has 5 rings (SSSR count). The third-order valence-electron chi connectivity index (χ3n) is 5.05. The highest BCUT2D eigenvalue weighted by Crippen LogP contribution is 2.40. The number of aryl methyl sites for hydroxylation is 1. The number of anilines is 2. The van der Waals surface area contributed by atoms with Crippen molar-refractivity contribution in [2.24, 2.45) is 0 Å². The highest BCUT2D eigenvalue weighted by molar-refractivity contribution is 6.09. The van der Waals surface area contributed by atoms with E-state index in [-0.39, 0.29) is 5.91 Å². The van der Waals surface area contributed by atoms with Crippen molar-refractivity contribution in [3.63, 3.8) is 0 Å². The van der Waals surface area contributed by atoms with Gasteiger partial charge in [-0.3, -0.25) is 4.79 Å². The van der Waals surface area contributed by atoms with Crippen LogP contribution in [0.4, 0.5) is 11.4 Å². The summed E-state index contributed by atoms with van der Waals surface area (Å²) >= 11 is 0. The fraction of sp³-hybridized carbons (Fsp3) is 0.444. The average Bonchev–Trinajstić information content (AvgIpc) is 3.39. The Morgan fingerprint density at radius 2 is 1.96 bits per heavy atom. The number of nitrogens with zero attached hydrogens (tertiary/aromatic N) is 4. The molecule has 1 aliphatic carbocycles. The average molecular weight is 324 g/mol. The Bertz CT molecular complexity index is 796. The maximum absolute atomic E-state index is 13.2. The predicted molar refractivity (Wildman–Crippen MR) is 90.8 cm³/mol. The van der Waals surface area contributed by atoms with Gasteiger partial charge in [-0.05, 0) is 25.0 Å². The van der Waals surface area contributed by atoms with E-state index in [1.54, 1.807) is 10.9 Å². The second-order valence-electron chi connectivity index (χ2n) is 6.66. The monoisotopic (exact) mass is 324 g/mol. The molecule has 2 aromatic rings. The molecule has 1 aromatic heterocycles. The van der Waals surface area contributed by atoms with Gasteiger partial charge in [0.25, 0.3) is 5.91 Å². The summed E-state index contributed by atoms with van der Waals surface area (Å²) in [6.07, 6.45) is 5.10. The zero-order valence-electron chi connectivity index (χ0n) is 13.5. The summed E-state index contributed by atoms with van der Waals surface area (Å²) in [6, 6.07) is 8.86. The van der Waals surface area contributed by atoms with Crippen molar-refractivity contribution in [1.29, 1.82) is 0 Å². The molecular weight excluding hydrogens is 304 g/mol. The van der Waals surface area contributed by atoms with Gasteiger partial charge in [-0.25, -0.2) is 4.68 Å². The molecule has 3 aliphatic rings. The van der Waals surface area contributed by atoms with Crippen molar-refractivity contribution in [1.82, 2.24) is 9.78 Å². The molecule has 1 aromatic carbocycles. The minimum absolute atomic E-state index is 0.0129. The first kappa shape index (κ1) is 13.9. The number of para-hydroxylation sites is 2. The van der Waals surface area contributed by atoms with Crippen LogP contribution in [0.25, 0.3) is 0 Å². The van der Waals surface area contributed by atoms with E-state index in [4.69, 9.17) is 4.74 Å². The van der Waals surface area contributed by atoms with Crippen LogP contribution in [0.2, 0.25) is 0 Å². The number of rotatable bonds is 2. The lowest BCUT2D eigenvalue weighted by molar-refractivity contribution is 0.0980. The normalized spacial score (nSPS) is 19.5. The first-order chi connectivity index (χ1) is 11.8. The first-order valence-corrected chi connectivity index (χ1v) is 8.69. The zero-order chi connectivity index (χ0) is 16.1. The minimum atomic E-state index is -0.0129. The van der Waals surface area contributed by atoms with Crippen molar-refractivity contribution >= 4 is 17.3 Å². The van der Waals surface area contributed by atoms with E-state index in [1.165, 1.54) is 18.5 Å². The second-order valence-corrected chi connectivity index (χ2v) is 6.66. The number of amides is 1. The van der Waals surface area contributed by atoms with E-state index in [2.05, 4.69) is 16.1 Å². The van der Waals surface area contributed by atoms with Crippen LogP contribution in [0.5, 0.6) is 5.88 Å². The number of hydrogen-bond acceptors (Lipinski definition) is 4. The molecule has 0 spiro atoms. The molecule has 2 aliphatic heterocycles. The number of fused-ring (bicyclic) bond motifs is 2. The molecule has 0 bridgehead atoms. The lowest BCUT2D eigenvalue weighted by Gasteiger charge is -2.38. The van der Waals surface area contributed by atoms with Crippen molar-refractivity contribution in [2.75, 3.05) is 29.5 Å². The van der Waals surface area contributed by atoms with E-state index in [0.29, 0.717) is 30.6 Å². The Kier molecular flexibility index (Phi) is 3.04. The zero-order valence-corrected chi connectivity index (χ0v) is 13.5. The number of aromatic nitrogens is 2. The number of benzene rings is 1. The van der Waals surface area contributed by atoms with Gasteiger partial charge >= 0.3 is 0 Å². The SMILES string of the molecule is O=C(c1cnn2c1OCCC2)N1CCN(C2CC2)c2ccccc21. The summed E-state index contributed by atoms with van der Waals surface area (Å²) in [5.41, 5.74) is 2.74. The van der Waals surface area contributed by atoms with Crippen LogP contribution in [0.15, 0.2) is 30.5 Å². The molecule has 0 saturated heterocycles. The molecule has 1 saturated carbocycles. The van der Waals surface area contributed by atoms with E-state index < -0.39 is 0 Å². The van der Waals surface area contributed by atoms with Gasteiger partial charge in [0.1, 0.15) is 5.56 Å². The Morgan fingerprint density at radius 3 is 2.79 bits per heavy atom. The first-order valence-electron chi connectivity index (χ1n) is 8.69. The maximum atomic E-state index is 13.2. The van der Waals surface area contributed by atoms with Crippen LogP contribution in [0.3, 0.4) is 0 Å². The van der Waals surface area contributed by atoms with Crippen molar-refractivity contribution in [3.05, 3.63) is 36.0 Å². The van der Waals surface area contributed by atoms with Crippen LogP contribution in [0.1, 0.15) is 29.6 Å². The number of ether oxygens (including phenoxy) is 1. The maximum Gasteiger partial charge on any atom is 0.265 e. The lowest BCUT2D eigenvalue weighted by atomic mass is 10.1. The quantitative estimate of drug-likeness (QED) is 0.850. The Labute approximate surface area is 140 Å². The standard InChI is InChI=1S/C18H20N4O2/c23-17(14-12-19-22-8-3-11-24-18(14)22)21-10-9-20(13-6-7-13)15-4-1-2-5-16(15)21/h1-2,4-5,12-13H,3,6-11H2. The van der Waals surface area contributed by atoms with Crippen molar-refractivity contribution in [2.45, 2.75) is 31.8 Å². The summed E-state index contributed by atoms with van der Waals surface area (Å²) in [5.74, 6) is 0.606. The molecule has 6 heteroatoms. The van der Waals surface area contributed by atoms with Crippen molar-refractivity contribution < 1.29 is 9.53 Å². The van der Waals surface area contributed by atoms with Gasteiger partial charge in [0.15, 0.2) is 0 Å². The molecule has 24 heavy (non-hydrogen) atoms. The molecule has 0 unspecified atom stereocenters. The third-order valence-corrected chi connectivity index (χ3v) is 5.05. The van der Waals surface area contributed by atoms with Gasteiger partial charge in [0.05, 0.1) is 24.2 Å². The number of hydrogen-bond donors (Lipinski definition) is 0. The summed E-state index contributed by atoms with van der Waals surface area (Å²) in [7, 11) is 0. The summed E-state index contributed by atoms with van der Waals surface area (Å²) in [6.45, 7) is 3.06. The molecular formula is C18H20N4O2. The molecule has 6 nitrogen and oxygen atoms in total. The molecule has 1 amide bonds. The van der Waals surface area contributed by atoms with Crippen LogP contribution in [-0.2, 0) is 6.54 Å². The highest BCUT2D eigenvalue weighted by Gasteiger charge is 2.36. The second kappa shape index (κ2) is 5.26. The van der Waals surface area contributed by atoms with Crippen LogP contribution in [-0.4, -0.2) is 41.4 Å². The summed E-state index contributed by atoms with van der Waals surface area (Å²) < 4.78 is 7.50. The van der Waals surface area contributed by atoms with Gasteiger partial charge in [0, 0.05) is 32.1 Å². The lowest BCUT2D eigenvalue weighted by Crippen LogP contribution is -2.45. The van der Waals surface area contributed by atoms with Crippen LogP contribution in [0, 0.1) is 0 Å². The predicted octanol–water partition coefficient (Wildman–Crippen LogP) is 2.29. The van der Waals surface area contributed by atoms with Gasteiger partial charge < -0.3 is 14.5 Å². The van der Waals surface area contributed by atoms with Gasteiger partial charge in [-0.1, -0.05) is 12.1 Å². The number of carbonyl (C=O) groups excluding carboxylic acids is 1. The van der Waals surface area contributed by atoms with Crippen LogP contribution >= 0.6 is 0 Å². The van der Waals surface area contributed by atoms with Crippen LogP contribution < -0.4 is 14.5 Å². The Hall–Kier alpha value is -2.50. The minimum Gasteiger partial charge on any atom is -0.477 e.